The molecule has 0 aliphatic carbocycles. The first-order valence-electron chi connectivity index (χ1n) is 13.3. The molecule has 220 valence electrons. The van der Waals surface area contributed by atoms with Gasteiger partial charge in [0.1, 0.15) is 12.6 Å². The zero-order chi connectivity index (χ0) is 30.2. The highest BCUT2D eigenvalue weighted by Crippen LogP contribution is 2.30. The first kappa shape index (κ1) is 32.7. The van der Waals surface area contributed by atoms with Crippen LogP contribution in [0.2, 0.25) is 15.1 Å². The number of carbonyl (C=O) groups excluding carboxylic acids is 2. The number of halogens is 3. The van der Waals surface area contributed by atoms with Crippen molar-refractivity contribution in [1.82, 2.24) is 10.2 Å². The van der Waals surface area contributed by atoms with Crippen molar-refractivity contribution in [2.45, 2.75) is 57.5 Å². The Morgan fingerprint density at radius 2 is 1.63 bits per heavy atom. The lowest BCUT2D eigenvalue weighted by Gasteiger charge is -2.33. The molecule has 0 aromatic heterocycles. The molecule has 0 saturated heterocycles. The third-order valence-corrected chi connectivity index (χ3v) is 9.35. The summed E-state index contributed by atoms with van der Waals surface area (Å²) in [7, 11) is -4.19. The molecule has 0 fully saturated rings. The highest BCUT2D eigenvalue weighted by Gasteiger charge is 2.34. The van der Waals surface area contributed by atoms with Crippen molar-refractivity contribution in [2.75, 3.05) is 17.4 Å². The molecule has 0 aliphatic heterocycles. The normalized spacial score (nSPS) is 12.0. The molecule has 0 spiro atoms. The van der Waals surface area contributed by atoms with Gasteiger partial charge in [0.05, 0.1) is 20.6 Å². The average Bonchev–Trinajstić information content (AvgIpc) is 2.95. The fourth-order valence-electron chi connectivity index (χ4n) is 4.34. The maximum Gasteiger partial charge on any atom is 0.264 e. The van der Waals surface area contributed by atoms with Crippen LogP contribution in [0.15, 0.2) is 71.6 Å². The van der Waals surface area contributed by atoms with E-state index in [0.717, 1.165) is 17.1 Å². The van der Waals surface area contributed by atoms with Crippen LogP contribution in [-0.2, 0) is 26.2 Å². The molecule has 0 radical (unpaired) electrons. The number of sulfonamides is 1. The maximum absolute atomic E-state index is 14.1. The summed E-state index contributed by atoms with van der Waals surface area (Å²) in [5.41, 5.74) is 1.52. The molecule has 41 heavy (non-hydrogen) atoms. The van der Waals surface area contributed by atoms with Gasteiger partial charge in [0.2, 0.25) is 11.8 Å². The number of nitrogens with one attached hydrogen (secondary N) is 1. The van der Waals surface area contributed by atoms with Gasteiger partial charge in [0.15, 0.2) is 0 Å². The fourth-order valence-corrected chi connectivity index (χ4v) is 6.32. The summed E-state index contributed by atoms with van der Waals surface area (Å²) < 4.78 is 28.9. The van der Waals surface area contributed by atoms with E-state index in [2.05, 4.69) is 5.32 Å². The second-order valence-electron chi connectivity index (χ2n) is 9.59. The summed E-state index contributed by atoms with van der Waals surface area (Å²) in [6.45, 7) is 5.49. The van der Waals surface area contributed by atoms with Crippen molar-refractivity contribution in [3.63, 3.8) is 0 Å². The van der Waals surface area contributed by atoms with E-state index in [1.165, 1.54) is 23.1 Å². The van der Waals surface area contributed by atoms with Gasteiger partial charge >= 0.3 is 0 Å². The number of aryl methyl sites for hydroxylation is 1. The third kappa shape index (κ3) is 8.38. The maximum atomic E-state index is 14.1. The number of carbonyl (C=O) groups is 2. The van der Waals surface area contributed by atoms with E-state index in [-0.39, 0.29) is 23.0 Å². The van der Waals surface area contributed by atoms with Crippen molar-refractivity contribution in [3.8, 4) is 0 Å². The summed E-state index contributed by atoms with van der Waals surface area (Å²) in [6, 6.07) is 16.8. The lowest BCUT2D eigenvalue weighted by atomic mass is 10.1. The zero-order valence-electron chi connectivity index (χ0n) is 23.2. The molecule has 3 rings (SSSR count). The molecule has 11 heteroatoms. The van der Waals surface area contributed by atoms with E-state index in [1.54, 1.807) is 62.4 Å². The Bertz CT molecular complexity index is 1470. The zero-order valence-corrected chi connectivity index (χ0v) is 26.3. The predicted octanol–water partition coefficient (Wildman–Crippen LogP) is 6.87. The molecule has 1 N–H and O–H groups in total. The second-order valence-corrected chi connectivity index (χ2v) is 12.7. The van der Waals surface area contributed by atoms with Gasteiger partial charge in [0, 0.05) is 18.1 Å². The Labute approximate surface area is 257 Å². The first-order valence-corrected chi connectivity index (χ1v) is 15.9. The molecular formula is C30H34Cl3N3O4S. The molecule has 0 heterocycles. The molecule has 3 aromatic carbocycles. The average molecular weight is 639 g/mol. The Morgan fingerprint density at radius 3 is 2.27 bits per heavy atom. The van der Waals surface area contributed by atoms with Crippen LogP contribution in [0.3, 0.4) is 0 Å². The highest BCUT2D eigenvalue weighted by molar-refractivity contribution is 7.92. The van der Waals surface area contributed by atoms with E-state index in [9.17, 15) is 18.0 Å². The molecule has 0 aliphatic rings. The molecule has 0 bridgehead atoms. The molecule has 2 amide bonds. The smallest absolute Gasteiger partial charge is 0.264 e. The van der Waals surface area contributed by atoms with Crippen LogP contribution >= 0.6 is 34.8 Å². The SMILES string of the molecule is CCCCNC(=O)C(CC)N(Cc1ccc(Cl)c(Cl)c1)C(=O)CN(c1cc(Cl)ccc1C)S(=O)(=O)c1ccccc1. The van der Waals surface area contributed by atoms with E-state index < -0.39 is 28.5 Å². The summed E-state index contributed by atoms with van der Waals surface area (Å²) in [6.07, 6.45) is 2.00. The number of anilines is 1. The minimum Gasteiger partial charge on any atom is -0.354 e. The quantitative estimate of drug-likeness (QED) is 0.207. The van der Waals surface area contributed by atoms with E-state index in [1.807, 2.05) is 6.92 Å². The lowest BCUT2D eigenvalue weighted by molar-refractivity contribution is -0.140. The van der Waals surface area contributed by atoms with Crippen molar-refractivity contribution in [2.24, 2.45) is 0 Å². The standard InChI is InChI=1S/C30H34Cl3N3O4S/c1-4-6-16-34-30(38)27(5-2)35(19-22-13-15-25(32)26(33)17-22)29(37)20-36(28-18-23(31)14-12-21(28)3)41(39,40)24-10-8-7-9-11-24/h7-15,17-18,27H,4-6,16,19-20H2,1-3H3,(H,34,38). The number of rotatable bonds is 13. The Hall–Kier alpha value is -2.78. The minimum atomic E-state index is -4.19. The van der Waals surface area contributed by atoms with Gasteiger partial charge in [-0.25, -0.2) is 8.42 Å². The van der Waals surface area contributed by atoms with E-state index in [4.69, 9.17) is 34.8 Å². The summed E-state index contributed by atoms with van der Waals surface area (Å²) in [5, 5.41) is 3.89. The van der Waals surface area contributed by atoms with Crippen molar-refractivity contribution < 1.29 is 18.0 Å². The highest BCUT2D eigenvalue weighted by atomic mass is 35.5. The number of hydrogen-bond donors (Lipinski definition) is 1. The van der Waals surface area contributed by atoms with Crippen LogP contribution in [0.25, 0.3) is 0 Å². The van der Waals surface area contributed by atoms with Crippen molar-refractivity contribution in [3.05, 3.63) is 92.9 Å². The van der Waals surface area contributed by atoms with E-state index >= 15 is 0 Å². The van der Waals surface area contributed by atoms with E-state index in [0.29, 0.717) is 39.2 Å². The van der Waals surface area contributed by atoms with Gasteiger partial charge in [-0.05, 0) is 67.3 Å². The van der Waals surface area contributed by atoms with Crippen LogP contribution in [0.1, 0.15) is 44.2 Å². The van der Waals surface area contributed by atoms with Crippen LogP contribution in [-0.4, -0.2) is 44.3 Å². The Kier molecular flexibility index (Phi) is 11.9. The number of nitrogens with zero attached hydrogens (tertiary/aromatic N) is 2. The molecular weight excluding hydrogens is 605 g/mol. The van der Waals surface area contributed by atoms with Gasteiger partial charge in [-0.3, -0.25) is 13.9 Å². The fraction of sp³-hybridized carbons (Fsp3) is 0.333. The summed E-state index contributed by atoms with van der Waals surface area (Å²) in [5.74, 6) is -0.877. The molecule has 7 nitrogen and oxygen atoms in total. The van der Waals surface area contributed by atoms with Gasteiger partial charge in [-0.15, -0.1) is 0 Å². The second kappa shape index (κ2) is 14.9. The minimum absolute atomic E-state index is 0.0170. The number of hydrogen-bond acceptors (Lipinski definition) is 4. The van der Waals surface area contributed by atoms with Crippen molar-refractivity contribution in [1.29, 1.82) is 0 Å². The van der Waals surface area contributed by atoms with Crippen molar-refractivity contribution >= 4 is 62.3 Å². The van der Waals surface area contributed by atoms with Crippen LogP contribution in [0.5, 0.6) is 0 Å². The van der Waals surface area contributed by atoms with Crippen LogP contribution < -0.4 is 9.62 Å². The molecule has 1 atom stereocenters. The topological polar surface area (TPSA) is 86.8 Å². The van der Waals surface area contributed by atoms with Gasteiger partial charge in [-0.1, -0.05) is 85.4 Å². The number of benzene rings is 3. The predicted molar refractivity (Wildman–Crippen MR) is 166 cm³/mol. The summed E-state index contributed by atoms with van der Waals surface area (Å²) in [4.78, 5) is 28.8. The van der Waals surface area contributed by atoms with Gasteiger partial charge < -0.3 is 10.2 Å². The number of amides is 2. The lowest BCUT2D eigenvalue weighted by Crippen LogP contribution is -2.52. The van der Waals surface area contributed by atoms with Crippen LogP contribution in [0.4, 0.5) is 5.69 Å². The van der Waals surface area contributed by atoms with Gasteiger partial charge in [0.25, 0.3) is 10.0 Å². The molecule has 0 saturated carbocycles. The Morgan fingerprint density at radius 1 is 0.927 bits per heavy atom. The Balaban J connectivity index is 2.08. The van der Waals surface area contributed by atoms with Gasteiger partial charge in [-0.2, -0.15) is 0 Å². The molecule has 3 aromatic rings. The summed E-state index contributed by atoms with van der Waals surface area (Å²) >= 11 is 18.6. The molecule has 1 unspecified atom stereocenters. The van der Waals surface area contributed by atoms with Crippen LogP contribution in [0, 0.1) is 6.92 Å². The number of unbranched alkanes of at least 4 members (excludes halogenated alkanes) is 1. The first-order chi connectivity index (χ1) is 19.5. The third-order valence-electron chi connectivity index (χ3n) is 6.60. The monoisotopic (exact) mass is 637 g/mol. The largest absolute Gasteiger partial charge is 0.354 e.